The molecule has 0 aromatic carbocycles. The molecule has 0 aromatic rings. The zero-order chi connectivity index (χ0) is 12.3. The largest absolute Gasteiger partial charge is 0.362 e. The first-order valence-corrected chi connectivity index (χ1v) is 6.06. The predicted molar refractivity (Wildman–Crippen MR) is 58.6 cm³/mol. The van der Waals surface area contributed by atoms with E-state index in [9.17, 15) is 14.9 Å². The fourth-order valence-corrected chi connectivity index (χ4v) is 2.64. The van der Waals surface area contributed by atoms with Crippen LogP contribution >= 0.6 is 0 Å². The van der Waals surface area contributed by atoms with Crippen molar-refractivity contribution in [2.45, 2.75) is 38.1 Å². The van der Waals surface area contributed by atoms with Gasteiger partial charge in [-0.1, -0.05) is 19.3 Å². The zero-order valence-electron chi connectivity index (χ0n) is 9.72. The molecule has 1 aliphatic carbocycles. The second-order valence-corrected chi connectivity index (χ2v) is 4.62. The first kappa shape index (κ1) is 12.1. The Hall–Kier alpha value is -1.41. The highest BCUT2D eigenvalue weighted by molar-refractivity contribution is 5.99. The van der Waals surface area contributed by atoms with Crippen LogP contribution in [0.2, 0.25) is 0 Å². The summed E-state index contributed by atoms with van der Waals surface area (Å²) in [6.45, 7) is -0.173. The van der Waals surface area contributed by atoms with Gasteiger partial charge >= 0.3 is 0 Å². The predicted octanol–water partition coefficient (Wildman–Crippen LogP) is 0.844. The molecule has 1 saturated carbocycles. The molecule has 5 heteroatoms. The van der Waals surface area contributed by atoms with Crippen LogP contribution in [-0.4, -0.2) is 36.0 Å². The minimum Gasteiger partial charge on any atom is -0.362 e. The molecule has 2 aliphatic rings. The minimum atomic E-state index is -0.598. The Balaban J connectivity index is 2.13. The number of hydrogen-bond acceptors (Lipinski definition) is 4. The number of amides is 2. The molecule has 2 fully saturated rings. The molecule has 0 bridgehead atoms. The molecule has 1 atom stereocenters. The van der Waals surface area contributed by atoms with Crippen LogP contribution < -0.4 is 0 Å². The van der Waals surface area contributed by atoms with Gasteiger partial charge in [0.25, 0.3) is 11.8 Å². The van der Waals surface area contributed by atoms with E-state index in [-0.39, 0.29) is 30.9 Å². The van der Waals surface area contributed by atoms with Gasteiger partial charge in [0, 0.05) is 0 Å². The number of nitriles is 1. The van der Waals surface area contributed by atoms with E-state index >= 15 is 0 Å². The van der Waals surface area contributed by atoms with Gasteiger partial charge in [-0.25, -0.2) is 0 Å². The van der Waals surface area contributed by atoms with E-state index in [1.165, 1.54) is 6.42 Å². The number of ether oxygens (including phenoxy) is 1. The highest BCUT2D eigenvalue weighted by Crippen LogP contribution is 2.29. The molecule has 1 aliphatic heterocycles. The molecule has 1 heterocycles. The Kier molecular flexibility index (Phi) is 3.75. The molecule has 17 heavy (non-hydrogen) atoms. The number of morpholine rings is 1. The van der Waals surface area contributed by atoms with Gasteiger partial charge in [0.2, 0.25) is 0 Å². The van der Waals surface area contributed by atoms with Gasteiger partial charge in [0.15, 0.2) is 0 Å². The fourth-order valence-electron chi connectivity index (χ4n) is 2.64. The van der Waals surface area contributed by atoms with Crippen molar-refractivity contribution < 1.29 is 14.3 Å². The molecular weight excluding hydrogens is 220 g/mol. The third kappa shape index (κ3) is 2.47. The topological polar surface area (TPSA) is 70.4 Å². The average Bonchev–Trinajstić information content (AvgIpc) is 2.35. The smallest absolute Gasteiger partial charge is 0.256 e. The van der Waals surface area contributed by atoms with Crippen molar-refractivity contribution in [2.75, 3.05) is 13.2 Å². The number of carbonyl (C=O) groups excluding carboxylic acids is 2. The Bertz CT molecular complexity index is 339. The summed E-state index contributed by atoms with van der Waals surface area (Å²) in [6, 6.07) is 1.53. The van der Waals surface area contributed by atoms with Crippen LogP contribution in [0.3, 0.4) is 0 Å². The summed E-state index contributed by atoms with van der Waals surface area (Å²) in [7, 11) is 0. The van der Waals surface area contributed by atoms with Gasteiger partial charge in [-0.15, -0.1) is 0 Å². The van der Waals surface area contributed by atoms with Crippen molar-refractivity contribution >= 4 is 11.8 Å². The molecule has 1 unspecified atom stereocenters. The summed E-state index contributed by atoms with van der Waals surface area (Å²) >= 11 is 0. The maximum atomic E-state index is 11.7. The maximum absolute atomic E-state index is 11.7. The molecule has 92 valence electrons. The van der Waals surface area contributed by atoms with Crippen LogP contribution in [0, 0.1) is 17.2 Å². The van der Waals surface area contributed by atoms with Crippen molar-refractivity contribution in [1.29, 1.82) is 5.26 Å². The van der Waals surface area contributed by atoms with Crippen molar-refractivity contribution in [3.63, 3.8) is 0 Å². The fraction of sp³-hybridized carbons (Fsp3) is 0.750. The second-order valence-electron chi connectivity index (χ2n) is 4.62. The van der Waals surface area contributed by atoms with Gasteiger partial charge in [-0.05, 0) is 18.8 Å². The van der Waals surface area contributed by atoms with Crippen molar-refractivity contribution in [3.05, 3.63) is 0 Å². The minimum absolute atomic E-state index is 0.0867. The summed E-state index contributed by atoms with van der Waals surface area (Å²) < 4.78 is 4.86. The second kappa shape index (κ2) is 5.28. The Morgan fingerprint density at radius 3 is 2.29 bits per heavy atom. The van der Waals surface area contributed by atoms with Crippen LogP contribution in [0.25, 0.3) is 0 Å². The Morgan fingerprint density at radius 1 is 1.18 bits per heavy atom. The summed E-state index contributed by atoms with van der Waals surface area (Å²) in [6.07, 6.45) is 5.19. The van der Waals surface area contributed by atoms with Crippen molar-refractivity contribution in [3.8, 4) is 6.07 Å². The van der Waals surface area contributed by atoms with Crippen LogP contribution in [0.4, 0.5) is 0 Å². The van der Waals surface area contributed by atoms with Crippen LogP contribution in [0.15, 0.2) is 0 Å². The number of hydrogen-bond donors (Lipinski definition) is 0. The summed E-state index contributed by atoms with van der Waals surface area (Å²) in [5.41, 5.74) is 0. The molecular formula is C12H16N2O3. The van der Waals surface area contributed by atoms with Crippen LogP contribution in [0.1, 0.15) is 32.1 Å². The number of nitrogens with zero attached hydrogens (tertiary/aromatic N) is 2. The third-order valence-corrected chi connectivity index (χ3v) is 3.50. The van der Waals surface area contributed by atoms with E-state index in [1.807, 2.05) is 0 Å². The van der Waals surface area contributed by atoms with Crippen LogP contribution in [0.5, 0.6) is 0 Å². The number of imide groups is 1. The molecule has 2 amide bonds. The highest BCUT2D eigenvalue weighted by Gasteiger charge is 2.37. The zero-order valence-corrected chi connectivity index (χ0v) is 9.72. The van der Waals surface area contributed by atoms with E-state index < -0.39 is 6.04 Å². The molecule has 0 spiro atoms. The quantitative estimate of drug-likeness (QED) is 0.666. The lowest BCUT2D eigenvalue weighted by Crippen LogP contribution is -2.53. The molecule has 0 N–H and O–H groups in total. The van der Waals surface area contributed by atoms with Crippen molar-refractivity contribution in [2.24, 2.45) is 5.92 Å². The molecule has 2 rings (SSSR count). The van der Waals surface area contributed by atoms with Crippen molar-refractivity contribution in [1.82, 2.24) is 4.90 Å². The third-order valence-electron chi connectivity index (χ3n) is 3.50. The molecule has 1 saturated heterocycles. The first-order valence-electron chi connectivity index (χ1n) is 6.06. The molecule has 0 radical (unpaired) electrons. The van der Waals surface area contributed by atoms with Crippen LogP contribution in [-0.2, 0) is 14.3 Å². The summed E-state index contributed by atoms with van der Waals surface area (Å²) in [5, 5.41) is 9.23. The van der Waals surface area contributed by atoms with E-state index in [2.05, 4.69) is 6.07 Å². The van der Waals surface area contributed by atoms with Gasteiger partial charge in [0.1, 0.15) is 19.3 Å². The van der Waals surface area contributed by atoms with Gasteiger partial charge in [-0.3, -0.25) is 14.5 Å². The Morgan fingerprint density at radius 2 is 1.76 bits per heavy atom. The van der Waals surface area contributed by atoms with E-state index in [0.29, 0.717) is 0 Å². The summed E-state index contributed by atoms with van der Waals surface area (Å²) in [4.78, 5) is 24.5. The molecule has 5 nitrogen and oxygen atoms in total. The Labute approximate surface area is 100 Å². The standard InChI is InChI=1S/C12H16N2O3/c13-6-10(9-4-2-1-3-5-9)14-11(15)7-17-8-12(14)16/h9-10H,1-5,7-8H2. The van der Waals surface area contributed by atoms with Gasteiger partial charge in [0.05, 0.1) is 6.07 Å². The van der Waals surface area contributed by atoms with E-state index in [1.54, 1.807) is 0 Å². The van der Waals surface area contributed by atoms with Gasteiger partial charge in [-0.2, -0.15) is 5.26 Å². The average molecular weight is 236 g/mol. The van der Waals surface area contributed by atoms with E-state index in [0.717, 1.165) is 30.6 Å². The lowest BCUT2D eigenvalue weighted by molar-refractivity contribution is -0.161. The van der Waals surface area contributed by atoms with E-state index in [4.69, 9.17) is 4.74 Å². The first-order chi connectivity index (χ1) is 8.24. The highest BCUT2D eigenvalue weighted by atomic mass is 16.5. The lowest BCUT2D eigenvalue weighted by Gasteiger charge is -2.35. The normalized spacial score (nSPS) is 24.5. The molecule has 0 aromatic heterocycles. The van der Waals surface area contributed by atoms with Gasteiger partial charge < -0.3 is 4.74 Å². The summed E-state index contributed by atoms with van der Waals surface area (Å²) in [5.74, 6) is -0.614. The lowest BCUT2D eigenvalue weighted by atomic mass is 9.83. The monoisotopic (exact) mass is 236 g/mol. The number of rotatable bonds is 2. The maximum Gasteiger partial charge on any atom is 0.256 e. The number of carbonyl (C=O) groups is 2. The SMILES string of the molecule is N#CC(C1CCCCC1)N1C(=O)COCC1=O.